The first-order valence-corrected chi connectivity index (χ1v) is 28.5. The molecule has 0 spiro atoms. The van der Waals surface area contributed by atoms with Gasteiger partial charge in [0.1, 0.15) is 0 Å². The first-order valence-electron chi connectivity index (χ1n) is 28.5. The number of benzene rings is 9. The van der Waals surface area contributed by atoms with Gasteiger partial charge in [0.2, 0.25) is 17.7 Å². The average molecular weight is 1100 g/mol. The van der Waals surface area contributed by atoms with Crippen LogP contribution in [0.5, 0.6) is 0 Å². The molecule has 3 amide bonds. The lowest BCUT2D eigenvalue weighted by Gasteiger charge is -2.46. The van der Waals surface area contributed by atoms with Crippen LogP contribution in [0, 0.1) is 17.8 Å². The molecule has 0 N–H and O–H groups in total. The summed E-state index contributed by atoms with van der Waals surface area (Å²) in [5, 5.41) is 2.69. The van der Waals surface area contributed by atoms with Gasteiger partial charge in [0.25, 0.3) is 0 Å². The van der Waals surface area contributed by atoms with E-state index >= 15 is 14.4 Å². The molecule has 1 aliphatic rings. The molecule has 0 atom stereocenters. The summed E-state index contributed by atoms with van der Waals surface area (Å²) in [5.74, 6) is -5.50. The summed E-state index contributed by atoms with van der Waals surface area (Å²) in [6.45, 7) is 0. The minimum absolute atomic E-state index is 0.148. The van der Waals surface area contributed by atoms with Crippen molar-refractivity contribution in [2.24, 2.45) is 17.8 Å². The first-order chi connectivity index (χ1) is 41.7. The van der Waals surface area contributed by atoms with Crippen LogP contribution in [0.1, 0.15) is 19.3 Å². The van der Waals surface area contributed by atoms with E-state index < -0.39 is 51.2 Å². The monoisotopic (exact) mass is 1100 g/mol. The van der Waals surface area contributed by atoms with E-state index in [0.29, 0.717) is 17.1 Å². The highest BCUT2D eigenvalue weighted by Gasteiger charge is 2.46. The second-order valence-electron chi connectivity index (χ2n) is 22.8. The third kappa shape index (κ3) is 11.0. The zero-order valence-corrected chi connectivity index (χ0v) is 47.2. The summed E-state index contributed by atoms with van der Waals surface area (Å²) in [6, 6.07) is 68.9. The number of rotatable bonds is 12. The number of amides is 3. The molecule has 9 nitrogen and oxygen atoms in total. The van der Waals surface area contributed by atoms with Gasteiger partial charge in [-0.25, -0.2) is 15.0 Å². The van der Waals surface area contributed by atoms with E-state index in [-0.39, 0.29) is 36.3 Å². The smallest absolute Gasteiger partial charge is 0.228 e. The summed E-state index contributed by atoms with van der Waals surface area (Å²) in [4.78, 5) is 64.5. The SMILES string of the molecule is [B]C([B])([B])N(C(=O)C1CC(C(=O)N(c2ccc(-c3ccc4c(ccc5ccccc54)n3)cc2)C([B])([B])[B])CC(C(=O)N(c2ccc(-c3ccc4c(ccc5ccccc54)n3)cc2)C([B])([B])[B])C1)c1ccc(-c2ccc3c(ccc4ccccc43)n2)cc1. The number of nitrogens with zero attached hydrogens (tertiary/aromatic N) is 6. The molecule has 0 saturated heterocycles. The second-order valence-corrected chi connectivity index (χ2v) is 22.8. The molecule has 3 aromatic heterocycles. The van der Waals surface area contributed by atoms with Crippen LogP contribution < -0.4 is 14.7 Å². The maximum Gasteiger partial charge on any atom is 0.228 e. The number of pyridine rings is 3. The Kier molecular flexibility index (Phi) is 14.7. The zero-order chi connectivity index (χ0) is 60.5. The van der Waals surface area contributed by atoms with Gasteiger partial charge < -0.3 is 14.7 Å². The lowest BCUT2D eigenvalue weighted by atomic mass is 9.47. The molecule has 18 heteroatoms. The van der Waals surface area contributed by atoms with Crippen molar-refractivity contribution >= 4 is 170 Å². The van der Waals surface area contributed by atoms with E-state index in [2.05, 4.69) is 36.4 Å². The molecular formula is C69H45B9N6O3. The Morgan fingerprint density at radius 2 is 0.552 bits per heavy atom. The molecule has 0 aliphatic heterocycles. The highest BCUT2D eigenvalue weighted by molar-refractivity contribution is 6.63. The number of carbonyl (C=O) groups is 3. The molecule has 1 saturated carbocycles. The van der Waals surface area contributed by atoms with Gasteiger partial charge in [0.15, 0.2) is 0 Å². The highest BCUT2D eigenvalue weighted by Crippen LogP contribution is 2.42. The summed E-state index contributed by atoms with van der Waals surface area (Å²) >= 11 is 0. The summed E-state index contributed by atoms with van der Waals surface area (Å²) in [7, 11) is 58.7. The fourth-order valence-electron chi connectivity index (χ4n) is 12.6. The van der Waals surface area contributed by atoms with Crippen LogP contribution in [0.2, 0.25) is 0 Å². The highest BCUT2D eigenvalue weighted by atomic mass is 16.2. The quantitative estimate of drug-likeness (QED) is 0.0893. The molecule has 3 heterocycles. The standard InChI is InChI=1S/C69H45B9N6O3/c70-67(71,72)82(49-22-13-43(14-23-49)58-34-28-55-52-10-4-1-7-40(52)19-31-61(55)79-58)64(85)46-37-47(65(86)83(68(73,74)75)50-24-15-44(16-25-50)59-35-29-56-53-11-5-2-8-41(53)20-32-62(56)80-59)39-48(38-46)66(87)84(69(76,77)78)51-26-17-45(18-27-51)60-36-30-57-54-12-6-3-9-42(54)21-33-63(57)81-60/h1-36,46-48H,37-39H2. The largest absolute Gasteiger partial charge is 0.332 e. The second kappa shape index (κ2) is 22.4. The third-order valence-corrected chi connectivity index (χ3v) is 16.6. The van der Waals surface area contributed by atoms with E-state index in [0.717, 1.165) is 96.4 Å². The minimum Gasteiger partial charge on any atom is -0.332 e. The maximum absolute atomic E-state index is 15.5. The van der Waals surface area contributed by atoms with Crippen molar-refractivity contribution in [3.63, 3.8) is 0 Å². The van der Waals surface area contributed by atoms with Crippen molar-refractivity contribution in [3.05, 3.63) is 218 Å². The average Bonchev–Trinajstić information content (AvgIpc) is 1.23. The van der Waals surface area contributed by atoms with Gasteiger partial charge in [0, 0.05) is 67.7 Å². The number of carbonyl (C=O) groups excluding carboxylic acids is 3. The molecule has 1 aliphatic carbocycles. The van der Waals surface area contributed by atoms with Gasteiger partial charge in [-0.05, 0) is 124 Å². The number of hydrogen-bond acceptors (Lipinski definition) is 6. The van der Waals surface area contributed by atoms with Crippen LogP contribution in [0.4, 0.5) is 17.1 Å². The topological polar surface area (TPSA) is 99.6 Å². The lowest BCUT2D eigenvalue weighted by molar-refractivity contribution is -0.132. The normalized spacial score (nSPS) is 15.7. The molecule has 9 aromatic carbocycles. The van der Waals surface area contributed by atoms with E-state index in [9.17, 15) is 0 Å². The lowest BCUT2D eigenvalue weighted by Crippen LogP contribution is -2.60. The summed E-state index contributed by atoms with van der Waals surface area (Å²) in [5.41, 5.74) is 7.38. The van der Waals surface area contributed by atoms with Gasteiger partial charge >= 0.3 is 0 Å². The fourth-order valence-corrected chi connectivity index (χ4v) is 12.6. The first kappa shape index (κ1) is 57.1. The van der Waals surface area contributed by atoms with Gasteiger partial charge in [-0.1, -0.05) is 161 Å². The molecule has 87 heavy (non-hydrogen) atoms. The van der Waals surface area contributed by atoms with E-state index in [4.69, 9.17) is 85.6 Å². The van der Waals surface area contributed by atoms with Crippen molar-refractivity contribution < 1.29 is 14.4 Å². The van der Waals surface area contributed by atoms with Crippen LogP contribution in [-0.2, 0) is 14.4 Å². The van der Waals surface area contributed by atoms with Crippen molar-refractivity contribution in [2.75, 3.05) is 14.7 Å². The van der Waals surface area contributed by atoms with E-state index in [1.54, 1.807) is 72.8 Å². The van der Waals surface area contributed by atoms with Crippen molar-refractivity contribution in [1.29, 1.82) is 0 Å². The van der Waals surface area contributed by atoms with Crippen molar-refractivity contribution in [2.45, 2.75) is 35.0 Å². The number of hydrogen-bond donors (Lipinski definition) is 0. The molecule has 12 aromatic rings. The number of anilines is 3. The van der Waals surface area contributed by atoms with E-state index in [1.807, 2.05) is 109 Å². The van der Waals surface area contributed by atoms with Gasteiger partial charge in [-0.2, -0.15) is 0 Å². The van der Waals surface area contributed by atoms with Crippen LogP contribution in [0.15, 0.2) is 218 Å². The number of fused-ring (bicyclic) bond motifs is 9. The molecule has 1 fully saturated rings. The van der Waals surface area contributed by atoms with Crippen LogP contribution in [0.25, 0.3) is 98.8 Å². The van der Waals surface area contributed by atoms with Gasteiger partial charge in [-0.15, -0.1) is 0 Å². The Hall–Kier alpha value is -9.02. The van der Waals surface area contributed by atoms with E-state index in [1.165, 1.54) is 0 Å². The molecule has 13 rings (SSSR count). The predicted octanol–water partition coefficient (Wildman–Crippen LogP) is 10.6. The minimum atomic E-state index is -2.29. The van der Waals surface area contributed by atoms with Crippen LogP contribution in [0.3, 0.4) is 0 Å². The Balaban J connectivity index is 0.830. The van der Waals surface area contributed by atoms with Gasteiger partial charge in [0.05, 0.1) is 104 Å². The van der Waals surface area contributed by atoms with Crippen LogP contribution in [-0.4, -0.2) is 119 Å². The molecule has 0 bridgehead atoms. The fraction of sp³-hybridized carbons (Fsp3) is 0.130. The summed E-state index contributed by atoms with van der Waals surface area (Å²) < 4.78 is 0. The third-order valence-electron chi connectivity index (χ3n) is 16.6. The number of aromatic nitrogens is 3. The van der Waals surface area contributed by atoms with Gasteiger partial charge in [-0.3, -0.25) is 14.4 Å². The van der Waals surface area contributed by atoms with Crippen molar-refractivity contribution in [3.8, 4) is 33.8 Å². The Labute approximate surface area is 516 Å². The Morgan fingerprint density at radius 1 is 0.299 bits per heavy atom. The predicted molar refractivity (Wildman–Crippen MR) is 361 cm³/mol. The van der Waals surface area contributed by atoms with Crippen molar-refractivity contribution in [1.82, 2.24) is 15.0 Å². The Morgan fingerprint density at radius 3 is 0.805 bits per heavy atom. The molecule has 396 valence electrons. The Bertz CT molecular complexity index is 4210. The zero-order valence-electron chi connectivity index (χ0n) is 47.2. The van der Waals surface area contributed by atoms with Crippen LogP contribution >= 0.6 is 0 Å². The summed E-state index contributed by atoms with van der Waals surface area (Å²) in [6.07, 6.45) is -0.445. The molecular weight excluding hydrogens is 1060 g/mol. The molecule has 18 radical (unpaired) electrons. The maximum atomic E-state index is 15.5. The molecule has 0 unspecified atom stereocenters.